The van der Waals surface area contributed by atoms with Crippen LogP contribution in [0.5, 0.6) is 17.2 Å². The van der Waals surface area contributed by atoms with Crippen molar-refractivity contribution in [2.24, 2.45) is 0 Å². The molecule has 174 valence electrons. The molecule has 0 aliphatic heterocycles. The summed E-state index contributed by atoms with van der Waals surface area (Å²) in [5, 5.41) is 31.5. The molecule has 7 heteroatoms. The quantitative estimate of drug-likeness (QED) is 0.187. The predicted octanol–water partition coefficient (Wildman–Crippen LogP) is 4.65. The van der Waals surface area contributed by atoms with E-state index in [1.54, 1.807) is 6.07 Å². The minimum absolute atomic E-state index is 0.158. The van der Waals surface area contributed by atoms with Crippen molar-refractivity contribution in [3.63, 3.8) is 0 Å². The fourth-order valence-electron chi connectivity index (χ4n) is 3.59. The average molecular weight is 468 g/mol. The van der Waals surface area contributed by atoms with Gasteiger partial charge in [0.25, 0.3) is 0 Å². The Morgan fingerprint density at radius 1 is 1.00 bits per heavy atom. The van der Waals surface area contributed by atoms with Crippen LogP contribution in [0, 0.1) is 19.7 Å². The molecule has 2 radical (unpaired) electrons. The Kier molecular flexibility index (Phi) is 8.88. The van der Waals surface area contributed by atoms with Gasteiger partial charge in [-0.15, -0.1) is 0 Å². The maximum atomic E-state index is 14.6. The van der Waals surface area contributed by atoms with E-state index < -0.39 is 0 Å². The van der Waals surface area contributed by atoms with Crippen molar-refractivity contribution in [2.75, 3.05) is 12.8 Å². The van der Waals surface area contributed by atoms with Crippen molar-refractivity contribution in [2.45, 2.75) is 39.5 Å². The van der Waals surface area contributed by atoms with Gasteiger partial charge in [0, 0.05) is 24.8 Å². The van der Waals surface area contributed by atoms with Gasteiger partial charge in [0.15, 0.2) is 11.5 Å². The molecule has 0 bridgehead atoms. The van der Waals surface area contributed by atoms with Gasteiger partial charge in [0.1, 0.15) is 18.2 Å². The van der Waals surface area contributed by atoms with Crippen molar-refractivity contribution in [1.29, 1.82) is 0 Å². The third-order valence-corrected chi connectivity index (χ3v) is 6.74. The molecule has 3 aromatic rings. The second-order valence-electron chi connectivity index (χ2n) is 7.97. The molecule has 0 saturated carbocycles. The number of aliphatic hydroxyl groups is 1. The van der Waals surface area contributed by atoms with Gasteiger partial charge in [-0.2, -0.15) is 0 Å². The Balaban J connectivity index is 1.66. The van der Waals surface area contributed by atoms with Gasteiger partial charge >= 0.3 is 0 Å². The number of benzene rings is 3. The molecule has 0 amide bonds. The van der Waals surface area contributed by atoms with Crippen LogP contribution < -0.4 is 10.1 Å². The van der Waals surface area contributed by atoms with E-state index in [2.05, 4.69) is 5.32 Å². The van der Waals surface area contributed by atoms with E-state index in [1.165, 1.54) is 18.2 Å². The lowest BCUT2D eigenvalue weighted by Gasteiger charge is -2.15. The maximum absolute atomic E-state index is 14.6. The first-order valence-electron chi connectivity index (χ1n) is 11.0. The van der Waals surface area contributed by atoms with Crippen LogP contribution >= 0.6 is 0 Å². The van der Waals surface area contributed by atoms with Crippen LogP contribution in [0.2, 0.25) is 6.04 Å². The summed E-state index contributed by atoms with van der Waals surface area (Å²) in [4.78, 5) is 0. The molecule has 0 saturated heterocycles. The molecular formula is C26H30FNO4Si. The summed E-state index contributed by atoms with van der Waals surface area (Å²) in [5.74, 6) is -0.117. The molecule has 0 aliphatic carbocycles. The summed E-state index contributed by atoms with van der Waals surface area (Å²) < 4.78 is 20.6. The highest BCUT2D eigenvalue weighted by Crippen LogP contribution is 2.33. The number of aromatic hydroxyl groups is 2. The van der Waals surface area contributed by atoms with E-state index >= 15 is 0 Å². The summed E-state index contributed by atoms with van der Waals surface area (Å²) >= 11 is 0. The number of phenols is 2. The van der Waals surface area contributed by atoms with Gasteiger partial charge in [-0.25, -0.2) is 4.39 Å². The highest BCUT2D eigenvalue weighted by molar-refractivity contribution is 6.35. The summed E-state index contributed by atoms with van der Waals surface area (Å²) in [6.07, 6.45) is 1.62. The maximum Gasteiger partial charge on any atom is 0.158 e. The van der Waals surface area contributed by atoms with Crippen molar-refractivity contribution in [1.82, 2.24) is 5.32 Å². The van der Waals surface area contributed by atoms with Crippen molar-refractivity contribution >= 4 is 9.52 Å². The number of nitrogens with one attached hydrogen (secondary N) is 1. The number of aryl methyl sites for hydroxylation is 1. The monoisotopic (exact) mass is 467 g/mol. The molecular weight excluding hydrogens is 437 g/mol. The molecule has 0 heterocycles. The summed E-state index contributed by atoms with van der Waals surface area (Å²) in [6, 6.07) is 14.8. The van der Waals surface area contributed by atoms with E-state index in [4.69, 9.17) is 9.84 Å². The van der Waals surface area contributed by atoms with E-state index in [0.717, 1.165) is 46.5 Å². The van der Waals surface area contributed by atoms with E-state index in [1.807, 2.05) is 38.1 Å². The van der Waals surface area contributed by atoms with Crippen LogP contribution in [0.25, 0.3) is 11.1 Å². The lowest BCUT2D eigenvalue weighted by Crippen LogP contribution is -2.20. The van der Waals surface area contributed by atoms with Crippen LogP contribution in [0.1, 0.15) is 28.7 Å². The first-order chi connectivity index (χ1) is 15.9. The number of halogens is 1. The minimum atomic E-state index is -0.299. The van der Waals surface area contributed by atoms with Gasteiger partial charge < -0.3 is 25.4 Å². The molecule has 0 aromatic heterocycles. The smallest absolute Gasteiger partial charge is 0.158 e. The zero-order chi connectivity index (χ0) is 23.8. The Morgan fingerprint density at radius 2 is 1.82 bits per heavy atom. The van der Waals surface area contributed by atoms with E-state index in [9.17, 15) is 14.6 Å². The molecule has 5 nitrogen and oxygen atoms in total. The van der Waals surface area contributed by atoms with Crippen molar-refractivity contribution in [3.8, 4) is 28.4 Å². The van der Waals surface area contributed by atoms with Gasteiger partial charge in [-0.05, 0) is 72.5 Å². The Bertz CT molecular complexity index is 1090. The molecule has 3 aromatic carbocycles. The average Bonchev–Trinajstić information content (AvgIpc) is 2.80. The highest BCUT2D eigenvalue weighted by Gasteiger charge is 2.12. The number of rotatable bonds is 11. The second-order valence-corrected chi connectivity index (χ2v) is 9.33. The Hall–Kier alpha value is -2.87. The summed E-state index contributed by atoms with van der Waals surface area (Å²) in [7, 11) is 0.707. The lowest BCUT2D eigenvalue weighted by molar-refractivity contribution is 0.295. The minimum Gasteiger partial charge on any atom is -0.504 e. The third kappa shape index (κ3) is 6.57. The Labute approximate surface area is 196 Å². The number of hydrogen-bond donors (Lipinski definition) is 4. The van der Waals surface area contributed by atoms with E-state index in [0.29, 0.717) is 27.4 Å². The summed E-state index contributed by atoms with van der Waals surface area (Å²) in [5.41, 5.74) is 5.14. The number of phenolic OH excluding ortho intramolecular Hbond substituents is 2. The van der Waals surface area contributed by atoms with Gasteiger partial charge in [0.05, 0.1) is 9.52 Å². The molecule has 33 heavy (non-hydrogen) atoms. The first kappa shape index (κ1) is 24.8. The molecule has 4 N–H and O–H groups in total. The van der Waals surface area contributed by atoms with Crippen LogP contribution in [0.15, 0.2) is 48.5 Å². The number of hydrogen-bond acceptors (Lipinski definition) is 5. The first-order valence-corrected chi connectivity index (χ1v) is 12.4. The molecule has 3 rings (SSSR count). The molecule has 0 aliphatic rings. The van der Waals surface area contributed by atoms with Crippen molar-refractivity contribution in [3.05, 3.63) is 76.6 Å². The lowest BCUT2D eigenvalue weighted by atomic mass is 9.96. The van der Waals surface area contributed by atoms with Crippen molar-refractivity contribution < 1.29 is 24.4 Å². The molecule has 0 unspecified atom stereocenters. The SMILES string of the molecule is Cc1cc(CNC[Si]CCCO)c(F)cc1OCc1cccc(-c2ccc(O)c(O)c2)c1C. The third-order valence-electron chi connectivity index (χ3n) is 5.54. The zero-order valence-corrected chi connectivity index (χ0v) is 20.0. The summed E-state index contributed by atoms with van der Waals surface area (Å²) in [6.45, 7) is 4.84. The number of ether oxygens (including phenoxy) is 1. The highest BCUT2D eigenvalue weighted by atomic mass is 28.2. The molecule has 0 fully saturated rings. The fourth-order valence-corrected chi connectivity index (χ4v) is 4.48. The predicted molar refractivity (Wildman–Crippen MR) is 129 cm³/mol. The normalized spacial score (nSPS) is 11.0. The molecule has 0 spiro atoms. The topological polar surface area (TPSA) is 82.0 Å². The van der Waals surface area contributed by atoms with Gasteiger partial charge in [-0.1, -0.05) is 30.3 Å². The van der Waals surface area contributed by atoms with Gasteiger partial charge in [-0.3, -0.25) is 0 Å². The van der Waals surface area contributed by atoms with Crippen LogP contribution in [-0.4, -0.2) is 37.6 Å². The second kappa shape index (κ2) is 11.8. The zero-order valence-electron chi connectivity index (χ0n) is 19.0. The fraction of sp³-hybridized carbons (Fsp3) is 0.308. The number of aliphatic hydroxyl groups excluding tert-OH is 1. The van der Waals surface area contributed by atoms with Gasteiger partial charge in [0.2, 0.25) is 0 Å². The largest absolute Gasteiger partial charge is 0.504 e. The standard InChI is InChI=1S/C26H30FNO4Si/c1-17-11-21(14-28-16-33-10-4-9-29)23(27)13-26(17)32-15-20-5-3-6-22(18(20)2)19-7-8-24(30)25(31)12-19/h3,5-8,11-13,28-31H,4,9-10,14-16H2,1-2H3. The van der Waals surface area contributed by atoms with Crippen LogP contribution in [0.4, 0.5) is 4.39 Å². The van der Waals surface area contributed by atoms with Crippen LogP contribution in [0.3, 0.4) is 0 Å². The molecule has 0 atom stereocenters. The Morgan fingerprint density at radius 3 is 2.58 bits per heavy atom. The van der Waals surface area contributed by atoms with E-state index in [-0.39, 0.29) is 30.5 Å². The van der Waals surface area contributed by atoms with Crippen LogP contribution in [-0.2, 0) is 13.2 Å².